The molecule has 8 nitrogen and oxygen atoms in total. The van der Waals surface area contributed by atoms with Crippen molar-refractivity contribution in [2.75, 3.05) is 26.3 Å². The van der Waals surface area contributed by atoms with Crippen LogP contribution in [0.4, 0.5) is 4.79 Å². The molecule has 1 aliphatic heterocycles. The number of amides is 3. The van der Waals surface area contributed by atoms with Gasteiger partial charge in [-0.1, -0.05) is 0 Å². The van der Waals surface area contributed by atoms with Crippen molar-refractivity contribution in [2.24, 2.45) is 11.7 Å². The molecule has 1 heterocycles. The number of ether oxygens (including phenoxy) is 1. The van der Waals surface area contributed by atoms with Crippen LogP contribution in [0.5, 0.6) is 0 Å². The smallest absolute Gasteiger partial charge is 0.317 e. The summed E-state index contributed by atoms with van der Waals surface area (Å²) in [4.78, 5) is 34.6. The minimum absolute atomic E-state index is 0.180. The SMILES string of the molecule is CC1C(C(=O)O)CCN1C(=O)NCCOCC(N)=O. The number of hydrogen-bond acceptors (Lipinski definition) is 4. The number of aliphatic carboxylic acids is 1. The monoisotopic (exact) mass is 273 g/mol. The Labute approximate surface area is 110 Å². The molecule has 4 N–H and O–H groups in total. The number of carbonyl (C=O) groups excluding carboxylic acids is 2. The minimum atomic E-state index is -0.882. The van der Waals surface area contributed by atoms with Gasteiger partial charge in [-0.3, -0.25) is 9.59 Å². The van der Waals surface area contributed by atoms with Crippen LogP contribution in [0.25, 0.3) is 0 Å². The summed E-state index contributed by atoms with van der Waals surface area (Å²) in [6.45, 7) is 2.38. The van der Waals surface area contributed by atoms with Gasteiger partial charge in [0.25, 0.3) is 0 Å². The molecule has 1 aliphatic rings. The van der Waals surface area contributed by atoms with E-state index in [9.17, 15) is 14.4 Å². The number of likely N-dealkylation sites (tertiary alicyclic amines) is 1. The lowest BCUT2D eigenvalue weighted by Crippen LogP contribution is -2.44. The lowest BCUT2D eigenvalue weighted by Gasteiger charge is -2.23. The van der Waals surface area contributed by atoms with Gasteiger partial charge in [0.05, 0.1) is 12.5 Å². The zero-order valence-corrected chi connectivity index (χ0v) is 10.8. The lowest BCUT2D eigenvalue weighted by molar-refractivity contribution is -0.142. The van der Waals surface area contributed by atoms with Crippen LogP contribution in [0.2, 0.25) is 0 Å². The maximum absolute atomic E-state index is 11.8. The van der Waals surface area contributed by atoms with Crippen molar-refractivity contribution in [1.29, 1.82) is 0 Å². The van der Waals surface area contributed by atoms with Gasteiger partial charge in [0, 0.05) is 19.1 Å². The van der Waals surface area contributed by atoms with Crippen LogP contribution in [0, 0.1) is 5.92 Å². The first-order chi connectivity index (χ1) is 8.93. The van der Waals surface area contributed by atoms with Gasteiger partial charge < -0.3 is 25.8 Å². The minimum Gasteiger partial charge on any atom is -0.481 e. The van der Waals surface area contributed by atoms with E-state index in [-0.39, 0.29) is 31.8 Å². The molecular formula is C11H19N3O5. The molecule has 3 amide bonds. The summed E-state index contributed by atoms with van der Waals surface area (Å²) < 4.78 is 4.89. The highest BCUT2D eigenvalue weighted by Crippen LogP contribution is 2.23. The quantitative estimate of drug-likeness (QED) is 0.535. The van der Waals surface area contributed by atoms with Crippen LogP contribution >= 0.6 is 0 Å². The summed E-state index contributed by atoms with van der Waals surface area (Å²) in [5.74, 6) is -1.96. The van der Waals surface area contributed by atoms with Gasteiger partial charge in [0.15, 0.2) is 0 Å². The average molecular weight is 273 g/mol. The number of nitrogens with two attached hydrogens (primary N) is 1. The predicted octanol–water partition coefficient (Wildman–Crippen LogP) is -1.01. The Morgan fingerprint density at radius 1 is 1.47 bits per heavy atom. The maximum Gasteiger partial charge on any atom is 0.317 e. The van der Waals surface area contributed by atoms with E-state index in [0.29, 0.717) is 13.0 Å². The largest absolute Gasteiger partial charge is 0.481 e. The van der Waals surface area contributed by atoms with Crippen LogP contribution in [0.1, 0.15) is 13.3 Å². The molecule has 0 spiro atoms. The molecule has 0 bridgehead atoms. The number of carboxylic acid groups (broad SMARTS) is 1. The van der Waals surface area contributed by atoms with E-state index in [1.165, 1.54) is 4.90 Å². The summed E-state index contributed by atoms with van der Waals surface area (Å²) >= 11 is 0. The van der Waals surface area contributed by atoms with E-state index < -0.39 is 17.8 Å². The number of nitrogens with one attached hydrogen (secondary N) is 1. The van der Waals surface area contributed by atoms with Crippen molar-refractivity contribution < 1.29 is 24.2 Å². The third-order valence-corrected chi connectivity index (χ3v) is 3.10. The molecule has 0 aliphatic carbocycles. The number of carbonyl (C=O) groups is 3. The second-order valence-corrected chi connectivity index (χ2v) is 4.42. The van der Waals surface area contributed by atoms with Gasteiger partial charge in [0.2, 0.25) is 5.91 Å². The molecule has 1 fully saturated rings. The van der Waals surface area contributed by atoms with Gasteiger partial charge in [-0.05, 0) is 13.3 Å². The van der Waals surface area contributed by atoms with Gasteiger partial charge in [-0.25, -0.2) is 4.79 Å². The topological polar surface area (TPSA) is 122 Å². The van der Waals surface area contributed by atoms with Crippen molar-refractivity contribution >= 4 is 17.9 Å². The molecule has 1 saturated heterocycles. The Hall–Kier alpha value is -1.83. The molecule has 0 aromatic heterocycles. The van der Waals surface area contributed by atoms with Gasteiger partial charge in [0.1, 0.15) is 6.61 Å². The Morgan fingerprint density at radius 2 is 2.16 bits per heavy atom. The molecule has 0 radical (unpaired) electrons. The number of rotatable bonds is 6. The van der Waals surface area contributed by atoms with E-state index in [4.69, 9.17) is 15.6 Å². The zero-order chi connectivity index (χ0) is 14.4. The van der Waals surface area contributed by atoms with Gasteiger partial charge >= 0.3 is 12.0 Å². The summed E-state index contributed by atoms with van der Waals surface area (Å²) in [6, 6.07) is -0.650. The lowest BCUT2D eigenvalue weighted by atomic mass is 10.0. The van der Waals surface area contributed by atoms with Crippen LogP contribution in [-0.2, 0) is 14.3 Å². The van der Waals surface area contributed by atoms with Crippen LogP contribution in [0.3, 0.4) is 0 Å². The fraction of sp³-hybridized carbons (Fsp3) is 0.727. The Bertz CT molecular complexity index is 360. The molecule has 8 heteroatoms. The molecule has 1 rings (SSSR count). The summed E-state index contributed by atoms with van der Waals surface area (Å²) in [7, 11) is 0. The van der Waals surface area contributed by atoms with E-state index in [2.05, 4.69) is 5.32 Å². The summed E-state index contributed by atoms with van der Waals surface area (Å²) in [5.41, 5.74) is 4.88. The molecule has 19 heavy (non-hydrogen) atoms. The van der Waals surface area contributed by atoms with E-state index >= 15 is 0 Å². The van der Waals surface area contributed by atoms with Crippen LogP contribution < -0.4 is 11.1 Å². The standard InChI is InChI=1S/C11H19N3O5/c1-7-8(10(16)17)2-4-14(7)11(18)13-3-5-19-6-9(12)15/h7-8H,2-6H2,1H3,(H2,12,15)(H,13,18)(H,16,17). The Balaban J connectivity index is 2.27. The predicted molar refractivity (Wildman–Crippen MR) is 65.3 cm³/mol. The first kappa shape index (κ1) is 15.2. The summed E-state index contributed by atoms with van der Waals surface area (Å²) in [5, 5.41) is 11.6. The molecule has 0 aromatic carbocycles. The fourth-order valence-electron chi connectivity index (χ4n) is 2.06. The van der Waals surface area contributed by atoms with E-state index in [0.717, 1.165) is 0 Å². The van der Waals surface area contributed by atoms with Crippen molar-refractivity contribution in [3.63, 3.8) is 0 Å². The van der Waals surface area contributed by atoms with Crippen LogP contribution in [0.15, 0.2) is 0 Å². The second kappa shape index (κ2) is 6.93. The molecule has 0 aromatic rings. The highest BCUT2D eigenvalue weighted by atomic mass is 16.5. The number of primary amides is 1. The molecule has 2 unspecified atom stereocenters. The first-order valence-electron chi connectivity index (χ1n) is 6.06. The highest BCUT2D eigenvalue weighted by molar-refractivity contribution is 5.78. The van der Waals surface area contributed by atoms with E-state index in [1.54, 1.807) is 6.92 Å². The molecular weight excluding hydrogens is 254 g/mol. The third-order valence-electron chi connectivity index (χ3n) is 3.10. The van der Waals surface area contributed by atoms with E-state index in [1.807, 2.05) is 0 Å². The summed E-state index contributed by atoms with van der Waals surface area (Å²) in [6.07, 6.45) is 0.460. The number of nitrogens with zero attached hydrogens (tertiary/aromatic N) is 1. The number of urea groups is 1. The zero-order valence-electron chi connectivity index (χ0n) is 10.8. The van der Waals surface area contributed by atoms with Crippen molar-refractivity contribution in [3.05, 3.63) is 0 Å². The van der Waals surface area contributed by atoms with Gasteiger partial charge in [-0.15, -0.1) is 0 Å². The molecule has 108 valence electrons. The average Bonchev–Trinajstić information content (AvgIpc) is 2.70. The van der Waals surface area contributed by atoms with Crippen molar-refractivity contribution in [2.45, 2.75) is 19.4 Å². The maximum atomic E-state index is 11.8. The first-order valence-corrected chi connectivity index (χ1v) is 6.06. The van der Waals surface area contributed by atoms with Crippen molar-refractivity contribution in [3.8, 4) is 0 Å². The second-order valence-electron chi connectivity index (χ2n) is 4.42. The molecule has 0 saturated carbocycles. The third kappa shape index (κ3) is 4.40. The Kier molecular flexibility index (Phi) is 5.56. The Morgan fingerprint density at radius 3 is 2.68 bits per heavy atom. The molecule has 2 atom stereocenters. The fourth-order valence-corrected chi connectivity index (χ4v) is 2.06. The van der Waals surface area contributed by atoms with Crippen molar-refractivity contribution in [1.82, 2.24) is 10.2 Å². The van der Waals surface area contributed by atoms with Gasteiger partial charge in [-0.2, -0.15) is 0 Å². The number of hydrogen-bond donors (Lipinski definition) is 3. The highest BCUT2D eigenvalue weighted by Gasteiger charge is 2.37. The van der Waals surface area contributed by atoms with Crippen LogP contribution in [-0.4, -0.2) is 60.3 Å². The number of carboxylic acids is 1. The normalized spacial score (nSPS) is 22.3.